The molecule has 1 aliphatic rings. The van der Waals surface area contributed by atoms with E-state index in [9.17, 15) is 5.11 Å². The van der Waals surface area contributed by atoms with Crippen LogP contribution >= 0.6 is 0 Å². The van der Waals surface area contributed by atoms with Gasteiger partial charge in [0.05, 0.1) is 12.7 Å². The average Bonchev–Trinajstić information content (AvgIpc) is 2.57. The van der Waals surface area contributed by atoms with Crippen molar-refractivity contribution in [3.05, 3.63) is 28.3 Å². The van der Waals surface area contributed by atoms with Crippen molar-refractivity contribution in [2.24, 2.45) is 5.92 Å². The van der Waals surface area contributed by atoms with Crippen molar-refractivity contribution in [1.82, 2.24) is 10.2 Å². The van der Waals surface area contributed by atoms with Crippen LogP contribution in [0.4, 0.5) is 0 Å². The maximum atomic E-state index is 11.0. The van der Waals surface area contributed by atoms with Crippen molar-refractivity contribution in [3.63, 3.8) is 0 Å². The van der Waals surface area contributed by atoms with Gasteiger partial charge in [-0.05, 0) is 61.4 Å². The fourth-order valence-corrected chi connectivity index (χ4v) is 3.57. The molecule has 2 atom stereocenters. The van der Waals surface area contributed by atoms with Crippen molar-refractivity contribution in [2.75, 3.05) is 39.3 Å². The van der Waals surface area contributed by atoms with Gasteiger partial charge >= 0.3 is 0 Å². The van der Waals surface area contributed by atoms with Gasteiger partial charge in [-0.2, -0.15) is 0 Å². The summed E-state index contributed by atoms with van der Waals surface area (Å²) in [5, 5.41) is 14.4. The van der Waals surface area contributed by atoms with Gasteiger partial charge in [-0.25, -0.2) is 0 Å². The van der Waals surface area contributed by atoms with E-state index in [1.165, 1.54) is 5.56 Å². The summed E-state index contributed by atoms with van der Waals surface area (Å²) in [5.74, 6) is 1.17. The van der Waals surface area contributed by atoms with Gasteiger partial charge in [0, 0.05) is 32.7 Å². The van der Waals surface area contributed by atoms with Crippen molar-refractivity contribution < 1.29 is 9.84 Å². The molecule has 2 unspecified atom stereocenters. The lowest BCUT2D eigenvalue weighted by molar-refractivity contribution is 0.0832. The lowest BCUT2D eigenvalue weighted by Gasteiger charge is -2.32. The Kier molecular flexibility index (Phi) is 7.08. The molecule has 4 heteroatoms. The second kappa shape index (κ2) is 8.84. The first-order valence-electron chi connectivity index (χ1n) is 9.30. The number of piperazine rings is 1. The Balaban J connectivity index is 2.15. The van der Waals surface area contributed by atoms with Crippen LogP contribution in [-0.2, 0) is 0 Å². The van der Waals surface area contributed by atoms with E-state index < -0.39 is 6.10 Å². The van der Waals surface area contributed by atoms with Crippen LogP contribution < -0.4 is 10.1 Å². The molecule has 1 aliphatic heterocycles. The fourth-order valence-electron chi connectivity index (χ4n) is 3.57. The van der Waals surface area contributed by atoms with E-state index in [1.54, 1.807) is 0 Å². The molecule has 0 aromatic heterocycles. The molecule has 24 heavy (non-hydrogen) atoms. The highest BCUT2D eigenvalue weighted by atomic mass is 16.5. The summed E-state index contributed by atoms with van der Waals surface area (Å²) < 4.78 is 5.87. The predicted octanol–water partition coefficient (Wildman–Crippen LogP) is 2.98. The number of hydrogen-bond donors (Lipinski definition) is 2. The Morgan fingerprint density at radius 2 is 1.88 bits per heavy atom. The van der Waals surface area contributed by atoms with Gasteiger partial charge in [-0.3, -0.25) is 0 Å². The number of aliphatic hydroxyl groups excluding tert-OH is 1. The van der Waals surface area contributed by atoms with Crippen LogP contribution in [0.3, 0.4) is 0 Å². The third kappa shape index (κ3) is 4.50. The molecule has 0 amide bonds. The van der Waals surface area contributed by atoms with Crippen molar-refractivity contribution in [3.8, 4) is 5.75 Å². The van der Waals surface area contributed by atoms with E-state index in [4.69, 9.17) is 4.74 Å². The minimum Gasteiger partial charge on any atom is -0.493 e. The summed E-state index contributed by atoms with van der Waals surface area (Å²) in [6.45, 7) is 16.5. The van der Waals surface area contributed by atoms with Crippen LogP contribution in [0.1, 0.15) is 48.6 Å². The average molecular weight is 335 g/mol. The first kappa shape index (κ1) is 19.2. The Hall–Kier alpha value is -1.10. The smallest absolute Gasteiger partial charge is 0.122 e. The van der Waals surface area contributed by atoms with Crippen LogP contribution in [0.25, 0.3) is 0 Å². The number of aliphatic hydroxyl groups is 1. The summed E-state index contributed by atoms with van der Waals surface area (Å²) in [6.07, 6.45) is 0.572. The number of aryl methyl sites for hydroxylation is 1. The zero-order valence-electron chi connectivity index (χ0n) is 16.0. The van der Waals surface area contributed by atoms with Crippen molar-refractivity contribution in [2.45, 2.75) is 47.1 Å². The van der Waals surface area contributed by atoms with E-state index in [0.717, 1.165) is 68.2 Å². The third-order valence-corrected chi connectivity index (χ3v) is 5.16. The minimum absolute atomic E-state index is 0.210. The van der Waals surface area contributed by atoms with E-state index in [2.05, 4.69) is 50.9 Å². The number of nitrogens with one attached hydrogen (secondary N) is 1. The standard InChI is InChI=1S/C20H34N2O2/c1-6-11-24-18-12-14(2)19(17(5)16(18)4)20(23)15(3)13-22-9-7-21-8-10-22/h12,15,20-21,23H,6-11,13H2,1-5H3. The van der Waals surface area contributed by atoms with Gasteiger partial charge in [0.15, 0.2) is 0 Å². The first-order chi connectivity index (χ1) is 11.5. The lowest BCUT2D eigenvalue weighted by atomic mass is 9.88. The summed E-state index contributed by atoms with van der Waals surface area (Å²) in [7, 11) is 0. The van der Waals surface area contributed by atoms with Crippen LogP contribution in [0.15, 0.2) is 6.07 Å². The summed E-state index contributed by atoms with van der Waals surface area (Å²) in [4.78, 5) is 2.45. The van der Waals surface area contributed by atoms with E-state index in [0.29, 0.717) is 0 Å². The van der Waals surface area contributed by atoms with Crippen LogP contribution in [0.2, 0.25) is 0 Å². The Bertz CT molecular complexity index is 539. The number of nitrogens with zero attached hydrogens (tertiary/aromatic N) is 1. The zero-order valence-corrected chi connectivity index (χ0v) is 16.0. The van der Waals surface area contributed by atoms with Crippen molar-refractivity contribution >= 4 is 0 Å². The Labute approximate surface area is 147 Å². The fraction of sp³-hybridized carbons (Fsp3) is 0.700. The van der Waals surface area contributed by atoms with Gasteiger partial charge < -0.3 is 20.1 Å². The van der Waals surface area contributed by atoms with Gasteiger partial charge in [0.2, 0.25) is 0 Å². The van der Waals surface area contributed by atoms with Gasteiger partial charge in [0.25, 0.3) is 0 Å². The highest BCUT2D eigenvalue weighted by Gasteiger charge is 2.24. The maximum absolute atomic E-state index is 11.0. The SMILES string of the molecule is CCCOc1cc(C)c(C(O)C(C)CN2CCNCC2)c(C)c1C. The summed E-state index contributed by atoms with van der Waals surface area (Å²) >= 11 is 0. The molecule has 1 aromatic rings. The van der Waals surface area contributed by atoms with Gasteiger partial charge in [-0.15, -0.1) is 0 Å². The highest BCUT2D eigenvalue weighted by molar-refractivity contribution is 5.49. The number of rotatable bonds is 7. The highest BCUT2D eigenvalue weighted by Crippen LogP contribution is 2.34. The molecule has 0 aliphatic carbocycles. The molecule has 1 saturated heterocycles. The molecular weight excluding hydrogens is 300 g/mol. The van der Waals surface area contributed by atoms with E-state index in [-0.39, 0.29) is 5.92 Å². The molecule has 2 rings (SSSR count). The molecular formula is C20H34N2O2. The molecule has 136 valence electrons. The maximum Gasteiger partial charge on any atom is 0.122 e. The normalized spacial score (nSPS) is 18.4. The quantitative estimate of drug-likeness (QED) is 0.805. The van der Waals surface area contributed by atoms with Gasteiger partial charge in [0.1, 0.15) is 5.75 Å². The van der Waals surface area contributed by atoms with Crippen molar-refractivity contribution in [1.29, 1.82) is 0 Å². The first-order valence-corrected chi connectivity index (χ1v) is 9.30. The molecule has 1 heterocycles. The molecule has 0 bridgehead atoms. The van der Waals surface area contributed by atoms with E-state index >= 15 is 0 Å². The second-order valence-corrected chi connectivity index (χ2v) is 7.18. The Morgan fingerprint density at radius 1 is 1.21 bits per heavy atom. The van der Waals surface area contributed by atoms with Crippen LogP contribution in [0.5, 0.6) is 5.75 Å². The topological polar surface area (TPSA) is 44.7 Å². The van der Waals surface area contributed by atoms with Gasteiger partial charge in [-0.1, -0.05) is 13.8 Å². The molecule has 0 spiro atoms. The minimum atomic E-state index is -0.432. The zero-order chi connectivity index (χ0) is 17.7. The van der Waals surface area contributed by atoms with Crippen LogP contribution in [-0.4, -0.2) is 49.3 Å². The molecule has 0 saturated carbocycles. The molecule has 4 nitrogen and oxygen atoms in total. The molecule has 2 N–H and O–H groups in total. The number of ether oxygens (including phenoxy) is 1. The largest absolute Gasteiger partial charge is 0.493 e. The van der Waals surface area contributed by atoms with E-state index in [1.807, 2.05) is 0 Å². The summed E-state index contributed by atoms with van der Waals surface area (Å²) in [5.41, 5.74) is 4.53. The van der Waals surface area contributed by atoms with Crippen LogP contribution in [0, 0.1) is 26.7 Å². The number of hydrogen-bond acceptors (Lipinski definition) is 4. The second-order valence-electron chi connectivity index (χ2n) is 7.18. The molecule has 1 aromatic carbocycles. The molecule has 1 fully saturated rings. The lowest BCUT2D eigenvalue weighted by Crippen LogP contribution is -2.45. The number of benzene rings is 1. The molecule has 0 radical (unpaired) electrons. The third-order valence-electron chi connectivity index (χ3n) is 5.16. The summed E-state index contributed by atoms with van der Waals surface area (Å²) in [6, 6.07) is 2.09. The Morgan fingerprint density at radius 3 is 2.50 bits per heavy atom. The monoisotopic (exact) mass is 334 g/mol. The predicted molar refractivity (Wildman–Crippen MR) is 99.9 cm³/mol.